The van der Waals surface area contributed by atoms with Crippen LogP contribution in [0.5, 0.6) is 0 Å². The molecule has 0 amide bonds. The van der Waals surface area contributed by atoms with Crippen LogP contribution in [0.3, 0.4) is 0 Å². The molecule has 0 atom stereocenters. The van der Waals surface area contributed by atoms with Crippen molar-refractivity contribution < 1.29 is 9.53 Å². The van der Waals surface area contributed by atoms with Crippen molar-refractivity contribution in [2.24, 2.45) is 5.92 Å². The number of allylic oxidation sites excluding steroid dienone is 3. The SMILES string of the molecule is CC=CC=CCCOC(=O)CC(C)C. The van der Waals surface area contributed by atoms with Crippen LogP contribution in [0.15, 0.2) is 24.3 Å². The Bertz CT molecular complexity index is 202. The third-order valence-electron chi connectivity index (χ3n) is 1.56. The Morgan fingerprint density at radius 1 is 1.36 bits per heavy atom. The predicted molar refractivity (Wildman–Crippen MR) is 59.0 cm³/mol. The first kappa shape index (κ1) is 12.9. The van der Waals surface area contributed by atoms with Gasteiger partial charge >= 0.3 is 5.97 Å². The molecule has 0 unspecified atom stereocenters. The fraction of sp³-hybridized carbons (Fsp3) is 0.583. The van der Waals surface area contributed by atoms with E-state index in [4.69, 9.17) is 4.74 Å². The first-order chi connectivity index (χ1) is 6.66. The zero-order valence-corrected chi connectivity index (χ0v) is 9.32. The second-order valence-corrected chi connectivity index (χ2v) is 3.56. The van der Waals surface area contributed by atoms with Crippen LogP contribution in [0.2, 0.25) is 0 Å². The summed E-state index contributed by atoms with van der Waals surface area (Å²) in [6.07, 6.45) is 9.16. The molecule has 2 heteroatoms. The van der Waals surface area contributed by atoms with Crippen molar-refractivity contribution in [1.29, 1.82) is 0 Å². The molecule has 0 saturated heterocycles. The molecule has 0 bridgehead atoms. The molecular formula is C12H20O2. The minimum atomic E-state index is -0.0977. The first-order valence-electron chi connectivity index (χ1n) is 5.10. The van der Waals surface area contributed by atoms with Gasteiger partial charge in [0, 0.05) is 6.42 Å². The lowest BCUT2D eigenvalue weighted by Gasteiger charge is -2.04. The maximum absolute atomic E-state index is 11.1. The van der Waals surface area contributed by atoms with Gasteiger partial charge in [-0.3, -0.25) is 4.79 Å². The molecule has 0 aliphatic rings. The Balaban J connectivity index is 3.40. The van der Waals surface area contributed by atoms with Crippen molar-refractivity contribution >= 4 is 5.97 Å². The van der Waals surface area contributed by atoms with Crippen molar-refractivity contribution in [3.63, 3.8) is 0 Å². The van der Waals surface area contributed by atoms with Gasteiger partial charge in [-0.1, -0.05) is 38.2 Å². The third kappa shape index (κ3) is 9.04. The largest absolute Gasteiger partial charge is 0.465 e. The van der Waals surface area contributed by atoms with Gasteiger partial charge in [-0.2, -0.15) is 0 Å². The highest BCUT2D eigenvalue weighted by molar-refractivity contribution is 5.69. The summed E-state index contributed by atoms with van der Waals surface area (Å²) >= 11 is 0. The normalized spacial score (nSPS) is 11.7. The number of ether oxygens (including phenoxy) is 1. The van der Waals surface area contributed by atoms with Crippen LogP contribution in [0.25, 0.3) is 0 Å². The Morgan fingerprint density at radius 2 is 2.07 bits per heavy atom. The summed E-state index contributed by atoms with van der Waals surface area (Å²) in [5.74, 6) is 0.278. The molecule has 0 aromatic heterocycles. The van der Waals surface area contributed by atoms with Gasteiger partial charge < -0.3 is 4.74 Å². The third-order valence-corrected chi connectivity index (χ3v) is 1.56. The van der Waals surface area contributed by atoms with Gasteiger partial charge in [0.15, 0.2) is 0 Å². The lowest BCUT2D eigenvalue weighted by Crippen LogP contribution is -2.08. The Hall–Kier alpha value is -1.05. The van der Waals surface area contributed by atoms with Gasteiger partial charge in [0.05, 0.1) is 6.61 Å². The molecule has 0 aromatic rings. The number of rotatable bonds is 6. The summed E-state index contributed by atoms with van der Waals surface area (Å²) in [4.78, 5) is 11.1. The number of carbonyl (C=O) groups excluding carboxylic acids is 1. The molecule has 2 nitrogen and oxygen atoms in total. The van der Waals surface area contributed by atoms with Crippen LogP contribution < -0.4 is 0 Å². The maximum atomic E-state index is 11.1. The number of hydrogen-bond donors (Lipinski definition) is 0. The molecule has 0 N–H and O–H groups in total. The van der Waals surface area contributed by atoms with E-state index in [0.717, 1.165) is 6.42 Å². The molecule has 0 spiro atoms. The average molecular weight is 196 g/mol. The molecule has 0 saturated carbocycles. The van der Waals surface area contributed by atoms with Crippen LogP contribution in [-0.4, -0.2) is 12.6 Å². The fourth-order valence-corrected chi connectivity index (χ4v) is 0.919. The highest BCUT2D eigenvalue weighted by Gasteiger charge is 2.04. The van der Waals surface area contributed by atoms with Gasteiger partial charge in [0.1, 0.15) is 0 Å². The topological polar surface area (TPSA) is 26.3 Å². The van der Waals surface area contributed by atoms with Crippen LogP contribution >= 0.6 is 0 Å². The summed E-state index contributed by atoms with van der Waals surface area (Å²) in [6, 6.07) is 0. The summed E-state index contributed by atoms with van der Waals surface area (Å²) in [5, 5.41) is 0. The van der Waals surface area contributed by atoms with E-state index in [1.807, 2.05) is 45.1 Å². The average Bonchev–Trinajstić information content (AvgIpc) is 2.10. The summed E-state index contributed by atoms with van der Waals surface area (Å²) in [7, 11) is 0. The van der Waals surface area contributed by atoms with Crippen molar-refractivity contribution in [3.8, 4) is 0 Å². The van der Waals surface area contributed by atoms with Crippen LogP contribution in [-0.2, 0) is 9.53 Å². The van der Waals surface area contributed by atoms with Crippen molar-refractivity contribution in [2.45, 2.75) is 33.6 Å². The van der Waals surface area contributed by atoms with E-state index in [9.17, 15) is 4.79 Å². The summed E-state index contributed by atoms with van der Waals surface area (Å²) in [6.45, 7) is 6.47. The number of esters is 1. The van der Waals surface area contributed by atoms with E-state index in [1.165, 1.54) is 0 Å². The second kappa shape index (κ2) is 8.54. The van der Waals surface area contributed by atoms with Gasteiger partial charge in [-0.25, -0.2) is 0 Å². The van der Waals surface area contributed by atoms with Crippen molar-refractivity contribution in [1.82, 2.24) is 0 Å². The monoisotopic (exact) mass is 196 g/mol. The number of hydrogen-bond acceptors (Lipinski definition) is 2. The van der Waals surface area contributed by atoms with Gasteiger partial charge in [-0.05, 0) is 19.3 Å². The molecule has 0 rings (SSSR count). The zero-order valence-electron chi connectivity index (χ0n) is 9.32. The van der Waals surface area contributed by atoms with E-state index in [-0.39, 0.29) is 5.97 Å². The molecular weight excluding hydrogens is 176 g/mol. The molecule has 14 heavy (non-hydrogen) atoms. The first-order valence-corrected chi connectivity index (χ1v) is 5.10. The van der Waals surface area contributed by atoms with Crippen LogP contribution in [0.4, 0.5) is 0 Å². The van der Waals surface area contributed by atoms with E-state index >= 15 is 0 Å². The Morgan fingerprint density at radius 3 is 2.64 bits per heavy atom. The van der Waals surface area contributed by atoms with Crippen LogP contribution in [0.1, 0.15) is 33.6 Å². The fourth-order valence-electron chi connectivity index (χ4n) is 0.919. The smallest absolute Gasteiger partial charge is 0.306 e. The quantitative estimate of drug-likeness (QED) is 0.370. The Kier molecular flexibility index (Phi) is 7.90. The summed E-state index contributed by atoms with van der Waals surface area (Å²) in [5.41, 5.74) is 0. The summed E-state index contributed by atoms with van der Waals surface area (Å²) < 4.78 is 5.02. The van der Waals surface area contributed by atoms with Crippen molar-refractivity contribution in [3.05, 3.63) is 24.3 Å². The van der Waals surface area contributed by atoms with Crippen LogP contribution in [0, 0.1) is 5.92 Å². The lowest BCUT2D eigenvalue weighted by molar-refractivity contribution is -0.144. The van der Waals surface area contributed by atoms with Gasteiger partial charge in [0.2, 0.25) is 0 Å². The minimum Gasteiger partial charge on any atom is -0.465 e. The van der Waals surface area contributed by atoms with E-state index < -0.39 is 0 Å². The van der Waals surface area contributed by atoms with Gasteiger partial charge in [0.25, 0.3) is 0 Å². The molecule has 0 aromatic carbocycles. The minimum absolute atomic E-state index is 0.0977. The zero-order chi connectivity index (χ0) is 10.8. The molecule has 0 aliphatic heterocycles. The molecule has 80 valence electrons. The molecule has 0 fully saturated rings. The van der Waals surface area contributed by atoms with Gasteiger partial charge in [-0.15, -0.1) is 0 Å². The number of carbonyl (C=O) groups is 1. The van der Waals surface area contributed by atoms with E-state index in [2.05, 4.69) is 0 Å². The standard InChI is InChI=1S/C12H20O2/c1-4-5-6-7-8-9-14-12(13)10-11(2)3/h4-7,11H,8-10H2,1-3H3. The van der Waals surface area contributed by atoms with Crippen molar-refractivity contribution in [2.75, 3.05) is 6.61 Å². The Labute approximate surface area is 86.6 Å². The van der Waals surface area contributed by atoms with E-state index in [0.29, 0.717) is 18.9 Å². The predicted octanol–water partition coefficient (Wildman–Crippen LogP) is 3.10. The maximum Gasteiger partial charge on any atom is 0.306 e. The highest BCUT2D eigenvalue weighted by Crippen LogP contribution is 2.01. The molecule has 0 heterocycles. The second-order valence-electron chi connectivity index (χ2n) is 3.56. The van der Waals surface area contributed by atoms with E-state index in [1.54, 1.807) is 0 Å². The lowest BCUT2D eigenvalue weighted by atomic mass is 10.1. The highest BCUT2D eigenvalue weighted by atomic mass is 16.5. The molecule has 0 aliphatic carbocycles. The molecule has 0 radical (unpaired) electrons.